The molecule has 25 heavy (non-hydrogen) atoms. The van der Waals surface area contributed by atoms with Crippen LogP contribution < -0.4 is 0 Å². The minimum atomic E-state index is -0.640. The molecule has 3 aromatic rings. The van der Waals surface area contributed by atoms with E-state index in [9.17, 15) is 8.78 Å². The van der Waals surface area contributed by atoms with Crippen molar-refractivity contribution < 1.29 is 13.2 Å². The number of hydrogen-bond donors (Lipinski definition) is 0. The summed E-state index contributed by atoms with van der Waals surface area (Å²) in [4.78, 5) is 0. The van der Waals surface area contributed by atoms with Crippen LogP contribution in [-0.2, 0) is 10.7 Å². The maximum Gasteiger partial charge on any atom is 0.139 e. The van der Waals surface area contributed by atoms with E-state index < -0.39 is 17.5 Å². The average molecular weight is 470 g/mol. The van der Waals surface area contributed by atoms with Crippen molar-refractivity contribution in [2.75, 3.05) is 0 Å². The van der Waals surface area contributed by atoms with Crippen LogP contribution in [0.2, 0.25) is 0 Å². The molecule has 3 rings (SSSR count). The SMILES string of the molecule is Fc1c(CBr)cccc1-c1cccc(-c2cccc(CBr)c2F)c1F. The van der Waals surface area contributed by atoms with Crippen molar-refractivity contribution in [3.05, 3.63) is 83.2 Å². The standard InChI is InChI=1S/C20H13Br2F3/c21-10-12-4-1-6-14(18(12)23)16-8-3-9-17(20(16)25)15-7-2-5-13(11-22)19(15)24/h1-9H,10-11H2. The molecule has 0 saturated carbocycles. The fraction of sp³-hybridized carbons (Fsp3) is 0.100. The minimum absolute atomic E-state index is 0.112. The molecule has 0 N–H and O–H groups in total. The van der Waals surface area contributed by atoms with Crippen molar-refractivity contribution in [1.29, 1.82) is 0 Å². The van der Waals surface area contributed by atoms with Gasteiger partial charge in [0.1, 0.15) is 17.5 Å². The van der Waals surface area contributed by atoms with E-state index in [1.165, 1.54) is 24.3 Å². The Morgan fingerprint density at radius 3 is 1.20 bits per heavy atom. The second kappa shape index (κ2) is 7.75. The summed E-state index contributed by atoms with van der Waals surface area (Å²) in [6, 6.07) is 14.3. The van der Waals surface area contributed by atoms with Gasteiger partial charge in [-0.25, -0.2) is 13.2 Å². The van der Waals surface area contributed by atoms with Gasteiger partial charge in [-0.2, -0.15) is 0 Å². The van der Waals surface area contributed by atoms with E-state index >= 15 is 4.39 Å². The van der Waals surface area contributed by atoms with Gasteiger partial charge < -0.3 is 0 Å². The maximum absolute atomic E-state index is 15.1. The molecule has 0 saturated heterocycles. The van der Waals surface area contributed by atoms with Crippen molar-refractivity contribution in [2.45, 2.75) is 10.7 Å². The first-order chi connectivity index (χ1) is 12.1. The number of alkyl halides is 2. The Bertz CT molecular complexity index is 851. The number of hydrogen-bond acceptors (Lipinski definition) is 0. The van der Waals surface area contributed by atoms with E-state index in [1.54, 1.807) is 30.3 Å². The van der Waals surface area contributed by atoms with E-state index in [1.807, 2.05) is 0 Å². The zero-order valence-corrected chi connectivity index (χ0v) is 16.2. The van der Waals surface area contributed by atoms with Crippen LogP contribution in [0.1, 0.15) is 11.1 Å². The van der Waals surface area contributed by atoms with E-state index in [-0.39, 0.29) is 22.3 Å². The summed E-state index contributed by atoms with van der Waals surface area (Å²) in [7, 11) is 0. The van der Waals surface area contributed by atoms with Crippen LogP contribution in [0.25, 0.3) is 22.3 Å². The highest BCUT2D eigenvalue weighted by Crippen LogP contribution is 2.35. The van der Waals surface area contributed by atoms with Gasteiger partial charge in [0.15, 0.2) is 0 Å². The number of halogens is 5. The fourth-order valence-corrected chi connectivity index (χ4v) is 3.60. The van der Waals surface area contributed by atoms with E-state index in [4.69, 9.17) is 0 Å². The van der Waals surface area contributed by atoms with E-state index in [0.29, 0.717) is 21.8 Å². The lowest BCUT2D eigenvalue weighted by Crippen LogP contribution is -1.97. The smallest absolute Gasteiger partial charge is 0.139 e. The molecule has 3 aromatic carbocycles. The Kier molecular flexibility index (Phi) is 5.64. The summed E-state index contributed by atoms with van der Waals surface area (Å²) in [5.41, 5.74) is 1.43. The Morgan fingerprint density at radius 2 is 0.840 bits per heavy atom. The van der Waals surface area contributed by atoms with E-state index in [2.05, 4.69) is 31.9 Å². The van der Waals surface area contributed by atoms with Crippen LogP contribution in [0.5, 0.6) is 0 Å². The van der Waals surface area contributed by atoms with Crippen molar-refractivity contribution in [3.63, 3.8) is 0 Å². The second-order valence-corrected chi connectivity index (χ2v) is 6.61. The van der Waals surface area contributed by atoms with Gasteiger partial charge in [0.05, 0.1) is 0 Å². The molecule has 128 valence electrons. The molecule has 0 aliphatic heterocycles. The molecule has 0 aliphatic carbocycles. The molecule has 0 unspecified atom stereocenters. The summed E-state index contributed by atoms with van der Waals surface area (Å²) in [5, 5.41) is 0.659. The third-order valence-corrected chi connectivity index (χ3v) is 5.23. The molecule has 0 spiro atoms. The number of benzene rings is 3. The number of rotatable bonds is 4. The zero-order valence-electron chi connectivity index (χ0n) is 13.0. The molecule has 0 radical (unpaired) electrons. The van der Waals surface area contributed by atoms with Gasteiger partial charge >= 0.3 is 0 Å². The van der Waals surface area contributed by atoms with Gasteiger partial charge in [0.25, 0.3) is 0 Å². The summed E-state index contributed by atoms with van der Waals surface area (Å²) in [6.45, 7) is 0. The lowest BCUT2D eigenvalue weighted by molar-refractivity contribution is 0.606. The Labute approximate surface area is 161 Å². The van der Waals surface area contributed by atoms with Gasteiger partial charge in [-0.05, 0) is 11.1 Å². The minimum Gasteiger partial charge on any atom is -0.206 e. The second-order valence-electron chi connectivity index (χ2n) is 5.49. The van der Waals surface area contributed by atoms with Crippen molar-refractivity contribution >= 4 is 31.9 Å². The van der Waals surface area contributed by atoms with Crippen LogP contribution in [0, 0.1) is 17.5 Å². The van der Waals surface area contributed by atoms with Crippen molar-refractivity contribution in [3.8, 4) is 22.3 Å². The Balaban J connectivity index is 2.20. The molecule has 0 aliphatic rings. The molecule has 0 nitrogen and oxygen atoms in total. The van der Waals surface area contributed by atoms with Crippen LogP contribution >= 0.6 is 31.9 Å². The van der Waals surface area contributed by atoms with Crippen LogP contribution in [0.15, 0.2) is 54.6 Å². The molecule has 0 atom stereocenters. The molecule has 0 bridgehead atoms. The highest BCUT2D eigenvalue weighted by atomic mass is 79.9. The normalized spacial score (nSPS) is 10.9. The molecule has 0 fully saturated rings. The van der Waals surface area contributed by atoms with Gasteiger partial charge in [0.2, 0.25) is 0 Å². The highest BCUT2D eigenvalue weighted by Gasteiger charge is 2.18. The zero-order chi connectivity index (χ0) is 18.0. The first-order valence-corrected chi connectivity index (χ1v) is 9.78. The third kappa shape index (κ3) is 3.40. The summed E-state index contributed by atoms with van der Waals surface area (Å²) < 4.78 is 44.3. The summed E-state index contributed by atoms with van der Waals surface area (Å²) >= 11 is 6.44. The van der Waals surface area contributed by atoms with Crippen LogP contribution in [0.3, 0.4) is 0 Å². The average Bonchev–Trinajstić information content (AvgIpc) is 2.63. The highest BCUT2D eigenvalue weighted by molar-refractivity contribution is 9.08. The predicted octanol–water partition coefficient (Wildman–Crippen LogP) is 7.23. The van der Waals surface area contributed by atoms with Gasteiger partial charge in [-0.1, -0.05) is 86.5 Å². The lowest BCUT2D eigenvalue weighted by Gasteiger charge is -2.12. The monoisotopic (exact) mass is 468 g/mol. The topological polar surface area (TPSA) is 0 Å². The molecular weight excluding hydrogens is 457 g/mol. The molecule has 5 heteroatoms. The van der Waals surface area contributed by atoms with Gasteiger partial charge in [0, 0.05) is 32.9 Å². The predicted molar refractivity (Wildman–Crippen MR) is 102 cm³/mol. The van der Waals surface area contributed by atoms with Crippen LogP contribution in [0.4, 0.5) is 13.2 Å². The fourth-order valence-electron chi connectivity index (χ4n) is 2.73. The molecule has 0 heterocycles. The van der Waals surface area contributed by atoms with Gasteiger partial charge in [-0.15, -0.1) is 0 Å². The molecular formula is C20H13Br2F3. The van der Waals surface area contributed by atoms with Crippen molar-refractivity contribution in [2.24, 2.45) is 0 Å². The molecule has 0 amide bonds. The van der Waals surface area contributed by atoms with Crippen molar-refractivity contribution in [1.82, 2.24) is 0 Å². The third-order valence-electron chi connectivity index (χ3n) is 4.02. The van der Waals surface area contributed by atoms with Crippen LogP contribution in [-0.4, -0.2) is 0 Å². The maximum atomic E-state index is 15.1. The first-order valence-electron chi connectivity index (χ1n) is 7.54. The first kappa shape index (κ1) is 18.2. The quantitative estimate of drug-likeness (QED) is 0.353. The Hall–Kier alpha value is -1.59. The largest absolute Gasteiger partial charge is 0.206 e. The lowest BCUT2D eigenvalue weighted by atomic mass is 9.95. The summed E-state index contributed by atoms with van der Waals surface area (Å²) in [5.74, 6) is -1.60. The van der Waals surface area contributed by atoms with Gasteiger partial charge in [-0.3, -0.25) is 0 Å². The Morgan fingerprint density at radius 1 is 0.520 bits per heavy atom. The molecule has 0 aromatic heterocycles. The summed E-state index contributed by atoms with van der Waals surface area (Å²) in [6.07, 6.45) is 0. The van der Waals surface area contributed by atoms with E-state index in [0.717, 1.165) is 0 Å².